The molecule has 0 aliphatic heterocycles. The van der Waals surface area contributed by atoms with E-state index in [0.29, 0.717) is 6.54 Å². The maximum absolute atomic E-state index is 5.56. The van der Waals surface area contributed by atoms with E-state index in [1.54, 1.807) is 18.0 Å². The lowest BCUT2D eigenvalue weighted by Crippen LogP contribution is -2.00. The Kier molecular flexibility index (Phi) is 3.76. The van der Waals surface area contributed by atoms with Crippen LogP contribution in [0.25, 0.3) is 0 Å². The zero-order chi connectivity index (χ0) is 12.3. The summed E-state index contributed by atoms with van der Waals surface area (Å²) in [5.41, 5.74) is 8.94. The van der Waals surface area contributed by atoms with Crippen molar-refractivity contribution in [3.8, 4) is 0 Å². The van der Waals surface area contributed by atoms with Gasteiger partial charge in [0.15, 0.2) is 5.16 Å². The fourth-order valence-corrected chi connectivity index (χ4v) is 2.38. The maximum Gasteiger partial charge on any atom is 0.192 e. The molecule has 0 aliphatic carbocycles. The quantitative estimate of drug-likeness (QED) is 0.845. The van der Waals surface area contributed by atoms with E-state index in [-0.39, 0.29) is 0 Å². The molecule has 0 spiro atoms. The summed E-state index contributed by atoms with van der Waals surface area (Å²) >= 11 is 1.57. The van der Waals surface area contributed by atoms with Gasteiger partial charge < -0.3 is 5.73 Å². The van der Waals surface area contributed by atoms with E-state index in [2.05, 4.69) is 42.0 Å². The number of rotatable bonds is 3. The minimum absolute atomic E-state index is 0.447. The van der Waals surface area contributed by atoms with Crippen LogP contribution in [-0.4, -0.2) is 9.97 Å². The number of hydrogen-bond donors (Lipinski definition) is 1. The number of hydrogen-bond acceptors (Lipinski definition) is 4. The standard InChI is InChI=1S/C13H15N3S/c1-9-3-4-12(10(2)7-9)17-13-15-6-5-11(8-14)16-13/h3-7H,8,14H2,1-2H3. The smallest absolute Gasteiger partial charge is 0.192 e. The highest BCUT2D eigenvalue weighted by molar-refractivity contribution is 7.99. The molecule has 0 saturated heterocycles. The molecule has 4 heteroatoms. The van der Waals surface area contributed by atoms with E-state index in [9.17, 15) is 0 Å². The summed E-state index contributed by atoms with van der Waals surface area (Å²) in [6.07, 6.45) is 1.75. The number of nitrogens with two attached hydrogens (primary N) is 1. The zero-order valence-electron chi connectivity index (χ0n) is 9.97. The summed E-state index contributed by atoms with van der Waals surface area (Å²) in [7, 11) is 0. The second-order valence-corrected chi connectivity index (χ2v) is 4.91. The van der Waals surface area contributed by atoms with Gasteiger partial charge in [0.05, 0.1) is 5.69 Å². The molecule has 2 rings (SSSR count). The van der Waals surface area contributed by atoms with Gasteiger partial charge in [0, 0.05) is 17.6 Å². The van der Waals surface area contributed by atoms with Crippen molar-refractivity contribution in [2.24, 2.45) is 5.73 Å². The molecule has 2 N–H and O–H groups in total. The third kappa shape index (κ3) is 3.05. The number of nitrogens with zero attached hydrogens (tertiary/aromatic N) is 2. The van der Waals surface area contributed by atoms with E-state index in [0.717, 1.165) is 10.9 Å². The summed E-state index contributed by atoms with van der Waals surface area (Å²) in [5, 5.41) is 0.750. The maximum atomic E-state index is 5.56. The van der Waals surface area contributed by atoms with Gasteiger partial charge in [-0.3, -0.25) is 0 Å². The summed E-state index contributed by atoms with van der Waals surface area (Å²) in [4.78, 5) is 9.80. The summed E-state index contributed by atoms with van der Waals surface area (Å²) in [6, 6.07) is 8.21. The highest BCUT2D eigenvalue weighted by Crippen LogP contribution is 2.28. The van der Waals surface area contributed by atoms with Gasteiger partial charge in [-0.1, -0.05) is 17.7 Å². The number of benzene rings is 1. The van der Waals surface area contributed by atoms with Crippen LogP contribution in [0.15, 0.2) is 40.5 Å². The Hall–Kier alpha value is -1.39. The van der Waals surface area contributed by atoms with Crippen LogP contribution in [0.1, 0.15) is 16.8 Å². The molecule has 88 valence electrons. The molecule has 0 aliphatic rings. The van der Waals surface area contributed by atoms with Crippen LogP contribution in [0.3, 0.4) is 0 Å². The topological polar surface area (TPSA) is 51.8 Å². The third-order valence-electron chi connectivity index (χ3n) is 2.43. The molecule has 0 radical (unpaired) electrons. The Morgan fingerprint density at radius 2 is 2.06 bits per heavy atom. The number of aryl methyl sites for hydroxylation is 2. The molecule has 1 aromatic carbocycles. The molecule has 0 unspecified atom stereocenters. The minimum atomic E-state index is 0.447. The van der Waals surface area contributed by atoms with Crippen LogP contribution < -0.4 is 5.73 Å². The van der Waals surface area contributed by atoms with Crippen molar-refractivity contribution in [3.63, 3.8) is 0 Å². The van der Waals surface area contributed by atoms with Gasteiger partial charge in [0.1, 0.15) is 0 Å². The molecule has 17 heavy (non-hydrogen) atoms. The first kappa shape index (κ1) is 12.1. The predicted octanol–water partition coefficient (Wildman–Crippen LogP) is 2.70. The fourth-order valence-electron chi connectivity index (χ4n) is 1.55. The van der Waals surface area contributed by atoms with Gasteiger partial charge in [-0.2, -0.15) is 0 Å². The van der Waals surface area contributed by atoms with Crippen LogP contribution in [0.4, 0.5) is 0 Å². The molecule has 2 aromatic rings. The van der Waals surface area contributed by atoms with Crippen molar-refractivity contribution in [3.05, 3.63) is 47.3 Å². The summed E-state index contributed by atoms with van der Waals surface area (Å²) in [5.74, 6) is 0. The summed E-state index contributed by atoms with van der Waals surface area (Å²) in [6.45, 7) is 4.64. The lowest BCUT2D eigenvalue weighted by molar-refractivity contribution is 0.874. The largest absolute Gasteiger partial charge is 0.325 e. The predicted molar refractivity (Wildman–Crippen MR) is 70.0 cm³/mol. The van der Waals surface area contributed by atoms with E-state index >= 15 is 0 Å². The van der Waals surface area contributed by atoms with E-state index < -0.39 is 0 Å². The Labute approximate surface area is 105 Å². The van der Waals surface area contributed by atoms with Crippen molar-refractivity contribution < 1.29 is 0 Å². The molecule has 0 atom stereocenters. The Morgan fingerprint density at radius 3 is 2.76 bits per heavy atom. The first-order valence-corrected chi connectivity index (χ1v) is 6.28. The van der Waals surface area contributed by atoms with Gasteiger partial charge in [-0.15, -0.1) is 0 Å². The monoisotopic (exact) mass is 245 g/mol. The van der Waals surface area contributed by atoms with Crippen molar-refractivity contribution in [1.82, 2.24) is 9.97 Å². The first-order valence-electron chi connectivity index (χ1n) is 5.46. The molecular weight excluding hydrogens is 230 g/mol. The van der Waals surface area contributed by atoms with Crippen LogP contribution in [0.5, 0.6) is 0 Å². The van der Waals surface area contributed by atoms with Crippen LogP contribution in [0.2, 0.25) is 0 Å². The highest BCUT2D eigenvalue weighted by atomic mass is 32.2. The Balaban J connectivity index is 2.25. The van der Waals surface area contributed by atoms with Crippen LogP contribution >= 0.6 is 11.8 Å². The van der Waals surface area contributed by atoms with E-state index in [1.165, 1.54) is 16.0 Å². The van der Waals surface area contributed by atoms with Gasteiger partial charge in [-0.25, -0.2) is 9.97 Å². The minimum Gasteiger partial charge on any atom is -0.325 e. The lowest BCUT2D eigenvalue weighted by atomic mass is 10.2. The second kappa shape index (κ2) is 5.29. The van der Waals surface area contributed by atoms with Gasteiger partial charge in [0.2, 0.25) is 0 Å². The molecule has 0 fully saturated rings. The molecule has 0 saturated carbocycles. The second-order valence-electron chi connectivity index (χ2n) is 3.91. The average molecular weight is 245 g/mol. The lowest BCUT2D eigenvalue weighted by Gasteiger charge is -2.05. The van der Waals surface area contributed by atoms with Crippen molar-refractivity contribution in [1.29, 1.82) is 0 Å². The Morgan fingerprint density at radius 1 is 1.24 bits per heavy atom. The van der Waals surface area contributed by atoms with Crippen molar-refractivity contribution >= 4 is 11.8 Å². The Bertz CT molecular complexity index is 526. The normalized spacial score (nSPS) is 10.5. The molecule has 1 heterocycles. The molecular formula is C13H15N3S. The fraction of sp³-hybridized carbons (Fsp3) is 0.231. The highest BCUT2D eigenvalue weighted by Gasteiger charge is 2.04. The molecule has 3 nitrogen and oxygen atoms in total. The summed E-state index contributed by atoms with van der Waals surface area (Å²) < 4.78 is 0. The third-order valence-corrected chi connectivity index (χ3v) is 3.49. The van der Waals surface area contributed by atoms with E-state index in [4.69, 9.17) is 5.73 Å². The zero-order valence-corrected chi connectivity index (χ0v) is 10.8. The first-order chi connectivity index (χ1) is 8.19. The number of aromatic nitrogens is 2. The molecule has 0 amide bonds. The van der Waals surface area contributed by atoms with Gasteiger partial charge >= 0.3 is 0 Å². The molecule has 1 aromatic heterocycles. The van der Waals surface area contributed by atoms with Crippen LogP contribution in [0, 0.1) is 13.8 Å². The van der Waals surface area contributed by atoms with Crippen molar-refractivity contribution in [2.45, 2.75) is 30.4 Å². The van der Waals surface area contributed by atoms with Gasteiger partial charge in [-0.05, 0) is 43.3 Å². The van der Waals surface area contributed by atoms with Crippen molar-refractivity contribution in [2.75, 3.05) is 0 Å². The van der Waals surface area contributed by atoms with Gasteiger partial charge in [0.25, 0.3) is 0 Å². The van der Waals surface area contributed by atoms with Crippen LogP contribution in [-0.2, 0) is 6.54 Å². The SMILES string of the molecule is Cc1ccc(Sc2nccc(CN)n2)c(C)c1. The molecule has 0 bridgehead atoms. The van der Waals surface area contributed by atoms with E-state index in [1.807, 2.05) is 6.07 Å². The average Bonchev–Trinajstić information content (AvgIpc) is 2.33.